The number of nitrogens with two attached hydrogens (primary N) is 1. The molecule has 2 aliphatic rings. The summed E-state index contributed by atoms with van der Waals surface area (Å²) >= 11 is 0. The average molecular weight is 529 g/mol. The summed E-state index contributed by atoms with van der Waals surface area (Å²) in [5, 5.41) is 46.0. The lowest BCUT2D eigenvalue weighted by Gasteiger charge is -2.45. The van der Waals surface area contributed by atoms with Gasteiger partial charge in [0.1, 0.15) is 47.4 Å². The zero-order chi connectivity index (χ0) is 28.0. The second-order valence-corrected chi connectivity index (χ2v) is 10.2. The summed E-state index contributed by atoms with van der Waals surface area (Å²) in [5.41, 5.74) is 1.77. The van der Waals surface area contributed by atoms with E-state index in [0.717, 1.165) is 0 Å². The summed E-state index contributed by atoms with van der Waals surface area (Å²) in [4.78, 5) is 37.3. The Morgan fingerprint density at radius 1 is 1.18 bits per heavy atom. The molecule has 0 radical (unpaired) electrons. The van der Waals surface area contributed by atoms with Gasteiger partial charge in [0, 0.05) is 17.5 Å². The monoisotopic (exact) mass is 528 g/mol. The van der Waals surface area contributed by atoms with Gasteiger partial charge in [0.05, 0.1) is 0 Å². The van der Waals surface area contributed by atoms with Crippen LogP contribution in [0.3, 0.4) is 0 Å². The molecular formula is C27H32N2O9. The van der Waals surface area contributed by atoms with Crippen molar-refractivity contribution in [1.29, 1.82) is 0 Å². The number of carbonyl (C=O) groups is 3. The van der Waals surface area contributed by atoms with E-state index in [9.17, 15) is 34.8 Å². The number of hydrogen-bond donors (Lipinski definition) is 6. The van der Waals surface area contributed by atoms with Crippen LogP contribution < -0.4 is 11.1 Å². The van der Waals surface area contributed by atoms with Crippen molar-refractivity contribution >= 4 is 17.8 Å². The maximum absolute atomic E-state index is 13.0. The largest absolute Gasteiger partial charge is 0.507 e. The number of amides is 1. The number of aliphatic hydroxyl groups excluding tert-OH is 1. The summed E-state index contributed by atoms with van der Waals surface area (Å²) in [6.07, 6.45) is -1.78. The van der Waals surface area contributed by atoms with Crippen molar-refractivity contribution < 1.29 is 44.3 Å². The quantitative estimate of drug-likeness (QED) is 0.219. The van der Waals surface area contributed by atoms with Crippen molar-refractivity contribution in [3.05, 3.63) is 64.7 Å². The van der Waals surface area contributed by atoms with Crippen LogP contribution >= 0.6 is 0 Å². The molecule has 204 valence electrons. The lowest BCUT2D eigenvalue weighted by atomic mass is 9.73. The van der Waals surface area contributed by atoms with Crippen LogP contribution in [-0.2, 0) is 15.9 Å². The average Bonchev–Trinajstić information content (AvgIpc) is 3.24. The number of ketones is 1. The Kier molecular flexibility index (Phi) is 7.00. The first-order valence-corrected chi connectivity index (χ1v) is 12.2. The number of ether oxygens (including phenoxy) is 2. The van der Waals surface area contributed by atoms with Gasteiger partial charge < -0.3 is 41.0 Å². The zero-order valence-corrected chi connectivity index (χ0v) is 21.3. The third-order valence-corrected chi connectivity index (χ3v) is 8.18. The van der Waals surface area contributed by atoms with E-state index in [1.807, 2.05) is 0 Å². The Morgan fingerprint density at radius 3 is 2.47 bits per heavy atom. The van der Waals surface area contributed by atoms with Gasteiger partial charge in [-0.3, -0.25) is 4.79 Å². The van der Waals surface area contributed by atoms with Gasteiger partial charge in [0.25, 0.3) is 0 Å². The first-order chi connectivity index (χ1) is 17.8. The second-order valence-electron chi connectivity index (χ2n) is 10.2. The highest BCUT2D eigenvalue weighted by molar-refractivity contribution is 5.97. The Morgan fingerprint density at radius 2 is 1.87 bits per heavy atom. The van der Waals surface area contributed by atoms with Crippen LogP contribution in [0.15, 0.2) is 42.5 Å². The van der Waals surface area contributed by atoms with Gasteiger partial charge in [0.15, 0.2) is 5.78 Å². The van der Waals surface area contributed by atoms with Gasteiger partial charge in [-0.15, -0.1) is 0 Å². The maximum atomic E-state index is 13.0. The van der Waals surface area contributed by atoms with Gasteiger partial charge in [0.2, 0.25) is 0 Å². The van der Waals surface area contributed by atoms with Crippen LogP contribution in [0, 0.1) is 12.8 Å². The molecule has 7 N–H and O–H groups in total. The molecule has 6 atom stereocenters. The van der Waals surface area contributed by atoms with Crippen molar-refractivity contribution in [2.45, 2.75) is 56.1 Å². The SMILES string of the molecule is Cc1cccc(O)c1C(=O)OC[C@@]1(O)[C@@H](Cc2cccc(C(=O)CO)c2)[C@H](N)[C@]2(NC(=O)O[C@H]2C)[C@@]1(C)O. The molecule has 1 amide bonds. The molecule has 4 rings (SSSR count). The minimum Gasteiger partial charge on any atom is -0.507 e. The highest BCUT2D eigenvalue weighted by Crippen LogP contribution is 2.54. The summed E-state index contributed by atoms with van der Waals surface area (Å²) in [7, 11) is 0. The number of aryl methyl sites for hydroxylation is 1. The van der Waals surface area contributed by atoms with Gasteiger partial charge in [-0.2, -0.15) is 0 Å². The Labute approximate surface area is 219 Å². The number of phenols is 1. The molecule has 0 bridgehead atoms. The van der Waals surface area contributed by atoms with E-state index in [0.29, 0.717) is 11.1 Å². The van der Waals surface area contributed by atoms with Gasteiger partial charge >= 0.3 is 12.1 Å². The maximum Gasteiger partial charge on any atom is 0.408 e. The highest BCUT2D eigenvalue weighted by Gasteiger charge is 2.78. The Bertz CT molecular complexity index is 1260. The number of phenolic OH excluding ortho intramolecular Hbond substituents is 1. The molecule has 38 heavy (non-hydrogen) atoms. The van der Waals surface area contributed by atoms with E-state index in [4.69, 9.17) is 15.2 Å². The van der Waals surface area contributed by atoms with Crippen molar-refractivity contribution in [3.63, 3.8) is 0 Å². The molecule has 0 aromatic heterocycles. The molecule has 1 aliphatic carbocycles. The predicted octanol–water partition coefficient (Wildman–Crippen LogP) is 0.581. The third-order valence-electron chi connectivity index (χ3n) is 8.18. The summed E-state index contributed by atoms with van der Waals surface area (Å²) in [6.45, 7) is 3.02. The molecule has 1 saturated carbocycles. The Balaban J connectivity index is 1.74. The van der Waals surface area contributed by atoms with Crippen LogP contribution in [-0.4, -0.2) is 80.4 Å². The number of Topliss-reactive ketones (excluding diaryl/α,β-unsaturated/α-hetero) is 1. The van der Waals surface area contributed by atoms with Crippen molar-refractivity contribution in [2.24, 2.45) is 11.7 Å². The van der Waals surface area contributed by atoms with Crippen molar-refractivity contribution in [1.82, 2.24) is 5.32 Å². The number of alkyl carbamates (subject to hydrolysis) is 1. The molecule has 1 saturated heterocycles. The van der Waals surface area contributed by atoms with Gasteiger partial charge in [-0.25, -0.2) is 9.59 Å². The number of carbonyl (C=O) groups excluding carboxylic acids is 3. The fourth-order valence-corrected chi connectivity index (χ4v) is 6.01. The highest BCUT2D eigenvalue weighted by atomic mass is 16.6. The van der Waals surface area contributed by atoms with Crippen molar-refractivity contribution in [2.75, 3.05) is 13.2 Å². The predicted molar refractivity (Wildman–Crippen MR) is 134 cm³/mol. The number of benzene rings is 2. The molecular weight excluding hydrogens is 496 g/mol. The van der Waals surface area contributed by atoms with Crippen LogP contribution in [0.1, 0.15) is 45.7 Å². The van der Waals surface area contributed by atoms with E-state index in [2.05, 4.69) is 5.32 Å². The molecule has 2 aromatic rings. The van der Waals surface area contributed by atoms with Crippen LogP contribution in [0.25, 0.3) is 0 Å². The van der Waals surface area contributed by atoms with Crippen LogP contribution in [0.5, 0.6) is 5.75 Å². The third kappa shape index (κ3) is 4.02. The minimum atomic E-state index is -2.22. The second kappa shape index (κ2) is 9.66. The number of aliphatic hydroxyl groups is 3. The zero-order valence-electron chi connectivity index (χ0n) is 21.3. The van der Waals surface area contributed by atoms with E-state index in [1.165, 1.54) is 32.0 Å². The molecule has 11 nitrogen and oxygen atoms in total. The fraction of sp³-hybridized carbons (Fsp3) is 0.444. The molecule has 11 heteroatoms. The Hall–Kier alpha value is -3.51. The number of hydrogen-bond acceptors (Lipinski definition) is 10. The standard InChI is InChI=1S/C27H32N2O9/c1-14-6-4-9-19(31)21(14)23(33)37-13-26(36)18(11-16-7-5-8-17(10-16)20(32)12-30)22(28)27(25(26,3)35)15(2)38-24(34)29-27/h4-10,15,18,22,30-31,35-36H,11-13,28H2,1-3H3,(H,29,34)/t15-,18-,22-,25-,26+,27-/m0/s1. The molecule has 1 heterocycles. The number of rotatable bonds is 7. The molecule has 1 aliphatic heterocycles. The summed E-state index contributed by atoms with van der Waals surface area (Å²) in [5.74, 6) is -2.74. The number of aromatic hydroxyl groups is 1. The lowest BCUT2D eigenvalue weighted by molar-refractivity contribution is -0.187. The fourth-order valence-electron chi connectivity index (χ4n) is 6.01. The number of nitrogens with one attached hydrogen (secondary N) is 1. The lowest BCUT2D eigenvalue weighted by Crippen LogP contribution is -2.72. The first kappa shape index (κ1) is 27.5. The topological polar surface area (TPSA) is 189 Å². The van der Waals surface area contributed by atoms with Crippen LogP contribution in [0.2, 0.25) is 0 Å². The van der Waals surface area contributed by atoms with Gasteiger partial charge in [-0.05, 0) is 50.5 Å². The van der Waals surface area contributed by atoms with Crippen molar-refractivity contribution in [3.8, 4) is 5.75 Å². The van der Waals surface area contributed by atoms with E-state index in [1.54, 1.807) is 31.2 Å². The molecule has 2 fully saturated rings. The summed E-state index contributed by atoms with van der Waals surface area (Å²) in [6, 6.07) is 9.77. The molecule has 2 aromatic carbocycles. The minimum absolute atomic E-state index is 0.0118. The summed E-state index contributed by atoms with van der Waals surface area (Å²) < 4.78 is 10.7. The smallest absolute Gasteiger partial charge is 0.408 e. The van der Waals surface area contributed by atoms with E-state index in [-0.39, 0.29) is 23.3 Å². The number of cyclic esters (lactones) is 1. The van der Waals surface area contributed by atoms with E-state index >= 15 is 0 Å². The first-order valence-electron chi connectivity index (χ1n) is 12.2. The molecule has 0 unspecified atom stereocenters. The molecule has 1 spiro atoms. The normalized spacial score (nSPS) is 32.2. The van der Waals surface area contributed by atoms with Gasteiger partial charge in [-0.1, -0.05) is 30.3 Å². The van der Waals surface area contributed by atoms with E-state index < -0.39 is 65.9 Å². The van der Waals surface area contributed by atoms with Crippen LogP contribution in [0.4, 0.5) is 4.79 Å². The number of esters is 1.